The highest BCUT2D eigenvalue weighted by Crippen LogP contribution is 2.30. The van der Waals surface area contributed by atoms with E-state index in [1.54, 1.807) is 42.5 Å². The zero-order valence-electron chi connectivity index (χ0n) is 18.1. The number of ether oxygens (including phenoxy) is 2. The summed E-state index contributed by atoms with van der Waals surface area (Å²) < 4.78 is 17.4. The SMILES string of the molecule is C=CC(=O)NCc1ccc(-c2ccc(C(N)=O)c(Oc3ccc(Oc4ccccc4)cc3)n2)o1. The van der Waals surface area contributed by atoms with E-state index in [0.717, 1.165) is 0 Å². The summed E-state index contributed by atoms with van der Waals surface area (Å²) in [6, 6.07) is 22.8. The van der Waals surface area contributed by atoms with Crippen LogP contribution in [0.5, 0.6) is 23.1 Å². The number of para-hydroxylation sites is 1. The number of nitrogens with zero attached hydrogens (tertiary/aromatic N) is 1. The van der Waals surface area contributed by atoms with Crippen molar-refractivity contribution in [1.82, 2.24) is 10.3 Å². The Morgan fingerprint density at radius 1 is 0.912 bits per heavy atom. The summed E-state index contributed by atoms with van der Waals surface area (Å²) in [6.07, 6.45) is 1.18. The molecule has 0 bridgehead atoms. The Labute approximate surface area is 195 Å². The second-order valence-corrected chi connectivity index (χ2v) is 7.09. The summed E-state index contributed by atoms with van der Waals surface area (Å²) in [6.45, 7) is 3.60. The molecular formula is C26H21N3O5. The van der Waals surface area contributed by atoms with Crippen molar-refractivity contribution in [2.24, 2.45) is 5.73 Å². The van der Waals surface area contributed by atoms with Gasteiger partial charge in [0.2, 0.25) is 11.8 Å². The van der Waals surface area contributed by atoms with Crippen LogP contribution in [0.1, 0.15) is 16.1 Å². The molecule has 4 rings (SSSR count). The molecule has 8 heteroatoms. The molecule has 34 heavy (non-hydrogen) atoms. The molecule has 8 nitrogen and oxygen atoms in total. The molecule has 0 fully saturated rings. The van der Waals surface area contributed by atoms with Gasteiger partial charge in [0.25, 0.3) is 5.91 Å². The van der Waals surface area contributed by atoms with E-state index in [9.17, 15) is 9.59 Å². The normalized spacial score (nSPS) is 10.4. The van der Waals surface area contributed by atoms with E-state index in [1.165, 1.54) is 12.1 Å². The Bertz CT molecular complexity index is 1310. The Balaban J connectivity index is 1.52. The Morgan fingerprint density at radius 2 is 1.59 bits per heavy atom. The fourth-order valence-corrected chi connectivity index (χ4v) is 3.01. The number of furan rings is 1. The van der Waals surface area contributed by atoms with E-state index in [0.29, 0.717) is 34.5 Å². The van der Waals surface area contributed by atoms with Crippen molar-refractivity contribution in [2.45, 2.75) is 6.54 Å². The highest BCUT2D eigenvalue weighted by molar-refractivity contribution is 5.95. The molecule has 0 unspecified atom stereocenters. The van der Waals surface area contributed by atoms with Crippen LogP contribution in [-0.4, -0.2) is 16.8 Å². The summed E-state index contributed by atoms with van der Waals surface area (Å²) in [4.78, 5) is 27.7. The number of rotatable bonds is 9. The van der Waals surface area contributed by atoms with Gasteiger partial charge in [-0.3, -0.25) is 9.59 Å². The summed E-state index contributed by atoms with van der Waals surface area (Å²) in [5.74, 6) is 1.81. The molecule has 0 saturated carbocycles. The van der Waals surface area contributed by atoms with E-state index in [1.807, 2.05) is 30.3 Å². The van der Waals surface area contributed by atoms with Crippen LogP contribution < -0.4 is 20.5 Å². The number of hydrogen-bond donors (Lipinski definition) is 2. The molecule has 2 aromatic carbocycles. The van der Waals surface area contributed by atoms with Gasteiger partial charge in [-0.1, -0.05) is 24.8 Å². The lowest BCUT2D eigenvalue weighted by Gasteiger charge is -2.10. The average molecular weight is 455 g/mol. The fourth-order valence-electron chi connectivity index (χ4n) is 3.01. The minimum atomic E-state index is -0.676. The first-order chi connectivity index (χ1) is 16.5. The van der Waals surface area contributed by atoms with Crippen molar-refractivity contribution in [3.8, 4) is 34.6 Å². The number of hydrogen-bond acceptors (Lipinski definition) is 6. The van der Waals surface area contributed by atoms with E-state index in [4.69, 9.17) is 19.6 Å². The molecular weight excluding hydrogens is 434 g/mol. The van der Waals surface area contributed by atoms with Crippen LogP contribution >= 0.6 is 0 Å². The third kappa shape index (κ3) is 5.49. The lowest BCUT2D eigenvalue weighted by molar-refractivity contribution is -0.116. The molecule has 2 heterocycles. The summed E-state index contributed by atoms with van der Waals surface area (Å²) in [5, 5.41) is 2.63. The number of benzene rings is 2. The van der Waals surface area contributed by atoms with Crippen molar-refractivity contribution in [1.29, 1.82) is 0 Å². The lowest BCUT2D eigenvalue weighted by Crippen LogP contribution is -2.19. The summed E-state index contributed by atoms with van der Waals surface area (Å²) in [5.41, 5.74) is 6.06. The Kier molecular flexibility index (Phi) is 6.69. The predicted octanol–water partition coefficient (Wildman–Crippen LogP) is 4.83. The number of pyridine rings is 1. The van der Waals surface area contributed by atoms with Crippen molar-refractivity contribution in [3.05, 3.63) is 103 Å². The van der Waals surface area contributed by atoms with Gasteiger partial charge in [0.1, 0.15) is 34.3 Å². The van der Waals surface area contributed by atoms with E-state index in [-0.39, 0.29) is 23.9 Å². The molecule has 4 aromatic rings. The predicted molar refractivity (Wildman–Crippen MR) is 126 cm³/mol. The quantitative estimate of drug-likeness (QED) is 0.349. The van der Waals surface area contributed by atoms with Crippen LogP contribution in [0.2, 0.25) is 0 Å². The fraction of sp³-hybridized carbons (Fsp3) is 0.0385. The average Bonchev–Trinajstić information content (AvgIpc) is 3.33. The first-order valence-corrected chi connectivity index (χ1v) is 10.3. The van der Waals surface area contributed by atoms with Crippen LogP contribution in [-0.2, 0) is 11.3 Å². The highest BCUT2D eigenvalue weighted by Gasteiger charge is 2.16. The van der Waals surface area contributed by atoms with Gasteiger partial charge >= 0.3 is 0 Å². The van der Waals surface area contributed by atoms with E-state index in [2.05, 4.69) is 16.9 Å². The molecule has 0 atom stereocenters. The van der Waals surface area contributed by atoms with Crippen LogP contribution in [0, 0.1) is 0 Å². The van der Waals surface area contributed by atoms with Gasteiger partial charge in [-0.25, -0.2) is 4.98 Å². The number of nitrogens with one attached hydrogen (secondary N) is 1. The minimum Gasteiger partial charge on any atom is -0.458 e. The summed E-state index contributed by atoms with van der Waals surface area (Å²) in [7, 11) is 0. The molecule has 0 aliphatic rings. The highest BCUT2D eigenvalue weighted by atomic mass is 16.5. The smallest absolute Gasteiger partial charge is 0.254 e. The molecule has 170 valence electrons. The first kappa shape index (κ1) is 22.3. The second kappa shape index (κ2) is 10.2. The first-order valence-electron chi connectivity index (χ1n) is 10.3. The zero-order chi connectivity index (χ0) is 23.9. The van der Waals surface area contributed by atoms with Crippen molar-refractivity contribution < 1.29 is 23.5 Å². The van der Waals surface area contributed by atoms with Crippen LogP contribution in [0.3, 0.4) is 0 Å². The van der Waals surface area contributed by atoms with E-state index < -0.39 is 5.91 Å². The van der Waals surface area contributed by atoms with Crippen molar-refractivity contribution in [2.75, 3.05) is 0 Å². The number of amides is 2. The zero-order valence-corrected chi connectivity index (χ0v) is 18.1. The lowest BCUT2D eigenvalue weighted by atomic mass is 10.2. The third-order valence-corrected chi connectivity index (χ3v) is 4.68. The Hall–Kier alpha value is -4.85. The van der Waals surface area contributed by atoms with Crippen LogP contribution in [0.25, 0.3) is 11.5 Å². The maximum absolute atomic E-state index is 11.9. The molecule has 0 aliphatic carbocycles. The van der Waals surface area contributed by atoms with Crippen LogP contribution in [0.15, 0.2) is 95.9 Å². The number of nitrogens with two attached hydrogens (primary N) is 1. The monoisotopic (exact) mass is 455 g/mol. The van der Waals surface area contributed by atoms with Gasteiger partial charge in [0.05, 0.1) is 6.54 Å². The van der Waals surface area contributed by atoms with Gasteiger partial charge in [0, 0.05) is 0 Å². The molecule has 0 radical (unpaired) electrons. The largest absolute Gasteiger partial charge is 0.458 e. The maximum atomic E-state index is 11.9. The molecule has 2 aromatic heterocycles. The molecule has 2 amide bonds. The maximum Gasteiger partial charge on any atom is 0.254 e. The van der Waals surface area contributed by atoms with Gasteiger partial charge in [-0.15, -0.1) is 0 Å². The standard InChI is InChI=1S/C26H21N3O5/c1-2-24(30)28-16-20-12-15-23(33-20)22-14-13-21(25(27)31)26(29-22)34-19-10-8-18(9-11-19)32-17-6-4-3-5-7-17/h2-15H,1,16H2,(H2,27,31)(H,28,30). The van der Waals surface area contributed by atoms with Gasteiger partial charge < -0.3 is 24.9 Å². The van der Waals surface area contributed by atoms with Gasteiger partial charge in [-0.05, 0) is 66.7 Å². The van der Waals surface area contributed by atoms with Crippen molar-refractivity contribution in [3.63, 3.8) is 0 Å². The van der Waals surface area contributed by atoms with Crippen LogP contribution in [0.4, 0.5) is 0 Å². The second-order valence-electron chi connectivity index (χ2n) is 7.09. The topological polar surface area (TPSA) is 117 Å². The van der Waals surface area contributed by atoms with Gasteiger partial charge in [-0.2, -0.15) is 0 Å². The molecule has 0 saturated heterocycles. The molecule has 0 spiro atoms. The number of aromatic nitrogens is 1. The van der Waals surface area contributed by atoms with Crippen molar-refractivity contribution >= 4 is 11.8 Å². The summed E-state index contributed by atoms with van der Waals surface area (Å²) >= 11 is 0. The number of carbonyl (C=O) groups excluding carboxylic acids is 2. The molecule has 3 N–H and O–H groups in total. The molecule has 0 aliphatic heterocycles. The Morgan fingerprint density at radius 3 is 2.26 bits per heavy atom. The third-order valence-electron chi connectivity index (χ3n) is 4.68. The van der Waals surface area contributed by atoms with Gasteiger partial charge in [0.15, 0.2) is 5.76 Å². The number of primary amides is 1. The number of carbonyl (C=O) groups is 2. The minimum absolute atomic E-state index is 0.0413. The van der Waals surface area contributed by atoms with E-state index >= 15 is 0 Å².